The number of Topliss-reactive ketones (excluding diaryl/α,β-unsaturated/α-hetero) is 1. The van der Waals surface area contributed by atoms with Gasteiger partial charge in [-0.3, -0.25) is 14.4 Å². The standard InChI is InChI=1S/C20H19NO5S/c1-13-2-4-14(5-3-13)11-27-12-20(24)26-9-17(22)15-6-7-18-16(8-15)21-19(23)10-25-18/h2-8H,9-12H2,1H3,(H,21,23). The van der Waals surface area contributed by atoms with E-state index >= 15 is 0 Å². The summed E-state index contributed by atoms with van der Waals surface area (Å²) in [7, 11) is 0. The van der Waals surface area contributed by atoms with Gasteiger partial charge in [-0.2, -0.15) is 0 Å². The Labute approximate surface area is 161 Å². The number of rotatable bonds is 7. The molecule has 6 nitrogen and oxygen atoms in total. The Morgan fingerprint density at radius 3 is 2.74 bits per heavy atom. The molecule has 1 amide bonds. The number of hydrogen-bond acceptors (Lipinski definition) is 6. The maximum absolute atomic E-state index is 12.2. The van der Waals surface area contributed by atoms with Crippen LogP contribution in [0.4, 0.5) is 5.69 Å². The molecule has 0 spiro atoms. The fourth-order valence-electron chi connectivity index (χ4n) is 2.46. The third kappa shape index (κ3) is 5.34. The molecular weight excluding hydrogens is 366 g/mol. The topological polar surface area (TPSA) is 81.7 Å². The van der Waals surface area contributed by atoms with Crippen LogP contribution in [0.2, 0.25) is 0 Å². The molecule has 0 radical (unpaired) electrons. The monoisotopic (exact) mass is 385 g/mol. The molecule has 1 aliphatic heterocycles. The van der Waals surface area contributed by atoms with Crippen LogP contribution in [0.15, 0.2) is 42.5 Å². The van der Waals surface area contributed by atoms with E-state index in [4.69, 9.17) is 9.47 Å². The lowest BCUT2D eigenvalue weighted by molar-refractivity contribution is -0.139. The highest BCUT2D eigenvalue weighted by molar-refractivity contribution is 7.99. The molecule has 0 bridgehead atoms. The number of carbonyl (C=O) groups excluding carboxylic acids is 3. The van der Waals surface area contributed by atoms with E-state index in [0.29, 0.717) is 22.8 Å². The first-order chi connectivity index (χ1) is 13.0. The number of aryl methyl sites for hydroxylation is 1. The number of esters is 1. The Morgan fingerprint density at radius 2 is 1.96 bits per heavy atom. The molecule has 0 atom stereocenters. The number of ether oxygens (including phenoxy) is 2. The molecule has 140 valence electrons. The van der Waals surface area contributed by atoms with E-state index in [-0.39, 0.29) is 30.7 Å². The van der Waals surface area contributed by atoms with Crippen LogP contribution in [-0.4, -0.2) is 36.6 Å². The normalized spacial score (nSPS) is 12.6. The first kappa shape index (κ1) is 19.0. The van der Waals surface area contributed by atoms with E-state index in [1.807, 2.05) is 31.2 Å². The Hall–Kier alpha value is -2.80. The second-order valence-corrected chi connectivity index (χ2v) is 7.10. The summed E-state index contributed by atoms with van der Waals surface area (Å²) < 4.78 is 10.3. The molecule has 0 saturated heterocycles. The molecule has 1 N–H and O–H groups in total. The van der Waals surface area contributed by atoms with Crippen LogP contribution in [-0.2, 0) is 20.1 Å². The van der Waals surface area contributed by atoms with Crippen molar-refractivity contribution in [2.75, 3.05) is 24.3 Å². The van der Waals surface area contributed by atoms with Gasteiger partial charge in [-0.25, -0.2) is 0 Å². The van der Waals surface area contributed by atoms with Gasteiger partial charge in [0, 0.05) is 11.3 Å². The number of ketones is 1. The number of hydrogen-bond donors (Lipinski definition) is 1. The number of thioether (sulfide) groups is 1. The zero-order chi connectivity index (χ0) is 19.2. The fraction of sp³-hybridized carbons (Fsp3) is 0.250. The van der Waals surface area contributed by atoms with Crippen molar-refractivity contribution in [1.29, 1.82) is 0 Å². The third-order valence-corrected chi connectivity index (χ3v) is 4.89. The maximum Gasteiger partial charge on any atom is 0.316 e. The van der Waals surface area contributed by atoms with E-state index in [0.717, 1.165) is 5.56 Å². The molecule has 0 fully saturated rings. The second-order valence-electron chi connectivity index (χ2n) is 6.11. The molecule has 27 heavy (non-hydrogen) atoms. The Balaban J connectivity index is 1.44. The van der Waals surface area contributed by atoms with Gasteiger partial charge in [-0.05, 0) is 30.7 Å². The van der Waals surface area contributed by atoms with Gasteiger partial charge >= 0.3 is 5.97 Å². The summed E-state index contributed by atoms with van der Waals surface area (Å²) in [5.74, 6) is 0.340. The summed E-state index contributed by atoms with van der Waals surface area (Å²) in [5, 5.41) is 2.64. The Bertz CT molecular complexity index is 863. The van der Waals surface area contributed by atoms with Crippen molar-refractivity contribution in [3.63, 3.8) is 0 Å². The summed E-state index contributed by atoms with van der Waals surface area (Å²) >= 11 is 1.44. The Morgan fingerprint density at radius 1 is 1.19 bits per heavy atom. The zero-order valence-corrected chi connectivity index (χ0v) is 15.6. The first-order valence-electron chi connectivity index (χ1n) is 8.40. The lowest BCUT2D eigenvalue weighted by atomic mass is 10.1. The largest absolute Gasteiger partial charge is 0.482 e. The highest BCUT2D eigenvalue weighted by Crippen LogP contribution is 2.28. The highest BCUT2D eigenvalue weighted by atomic mass is 32.2. The van der Waals surface area contributed by atoms with Crippen molar-refractivity contribution in [2.45, 2.75) is 12.7 Å². The zero-order valence-electron chi connectivity index (χ0n) is 14.8. The Kier molecular flexibility index (Phi) is 6.13. The van der Waals surface area contributed by atoms with Gasteiger partial charge in [0.25, 0.3) is 5.91 Å². The van der Waals surface area contributed by atoms with Crippen LogP contribution < -0.4 is 10.1 Å². The summed E-state index contributed by atoms with van der Waals surface area (Å²) in [6, 6.07) is 12.8. The van der Waals surface area contributed by atoms with E-state index in [9.17, 15) is 14.4 Å². The van der Waals surface area contributed by atoms with Crippen LogP contribution in [0, 0.1) is 6.92 Å². The summed E-state index contributed by atoms with van der Waals surface area (Å²) in [5.41, 5.74) is 3.11. The smallest absolute Gasteiger partial charge is 0.316 e. The summed E-state index contributed by atoms with van der Waals surface area (Å²) in [6.07, 6.45) is 0. The van der Waals surface area contributed by atoms with Crippen molar-refractivity contribution in [3.05, 3.63) is 59.2 Å². The molecule has 1 heterocycles. The second kappa shape index (κ2) is 8.73. The van der Waals surface area contributed by atoms with Gasteiger partial charge in [0.2, 0.25) is 0 Å². The van der Waals surface area contributed by atoms with E-state index in [1.54, 1.807) is 12.1 Å². The number of carbonyl (C=O) groups is 3. The van der Waals surface area contributed by atoms with Gasteiger partial charge in [0.1, 0.15) is 5.75 Å². The first-order valence-corrected chi connectivity index (χ1v) is 9.55. The summed E-state index contributed by atoms with van der Waals surface area (Å²) in [6.45, 7) is 1.64. The van der Waals surface area contributed by atoms with Crippen LogP contribution in [0.25, 0.3) is 0 Å². The molecular formula is C20H19NO5S. The van der Waals surface area contributed by atoms with E-state index in [2.05, 4.69) is 5.32 Å². The molecule has 7 heteroatoms. The van der Waals surface area contributed by atoms with E-state index < -0.39 is 5.97 Å². The number of fused-ring (bicyclic) bond motifs is 1. The quantitative estimate of drug-likeness (QED) is 0.583. The minimum Gasteiger partial charge on any atom is -0.482 e. The van der Waals surface area contributed by atoms with Crippen molar-refractivity contribution < 1.29 is 23.9 Å². The molecule has 0 saturated carbocycles. The van der Waals surface area contributed by atoms with Crippen LogP contribution >= 0.6 is 11.8 Å². The minimum absolute atomic E-state index is 0.0435. The van der Waals surface area contributed by atoms with Gasteiger partial charge in [0.15, 0.2) is 19.0 Å². The van der Waals surface area contributed by atoms with Gasteiger partial charge in [-0.15, -0.1) is 11.8 Å². The molecule has 0 aromatic heterocycles. The van der Waals surface area contributed by atoms with Crippen LogP contribution in [0.5, 0.6) is 5.75 Å². The molecule has 0 unspecified atom stereocenters. The molecule has 0 aliphatic carbocycles. The SMILES string of the molecule is Cc1ccc(CSCC(=O)OCC(=O)c2ccc3c(c2)NC(=O)CO3)cc1. The number of benzene rings is 2. The van der Waals surface area contributed by atoms with Crippen molar-refractivity contribution in [3.8, 4) is 5.75 Å². The van der Waals surface area contributed by atoms with Gasteiger partial charge in [-0.1, -0.05) is 29.8 Å². The average Bonchev–Trinajstić information content (AvgIpc) is 2.67. The minimum atomic E-state index is -0.435. The van der Waals surface area contributed by atoms with Crippen molar-refractivity contribution in [1.82, 2.24) is 0 Å². The van der Waals surface area contributed by atoms with Gasteiger partial charge < -0.3 is 14.8 Å². The van der Waals surface area contributed by atoms with Crippen LogP contribution in [0.3, 0.4) is 0 Å². The van der Waals surface area contributed by atoms with Crippen molar-refractivity contribution >= 4 is 35.1 Å². The number of nitrogens with one attached hydrogen (secondary N) is 1. The lowest BCUT2D eigenvalue weighted by Gasteiger charge is -2.18. The molecule has 3 rings (SSSR count). The molecule has 1 aliphatic rings. The predicted octanol–water partition coefficient (Wildman–Crippen LogP) is 2.99. The van der Waals surface area contributed by atoms with Crippen LogP contribution in [0.1, 0.15) is 21.5 Å². The summed E-state index contributed by atoms with van der Waals surface area (Å²) in [4.78, 5) is 35.4. The van der Waals surface area contributed by atoms with Gasteiger partial charge in [0.05, 0.1) is 11.4 Å². The fourth-order valence-corrected chi connectivity index (χ4v) is 3.24. The highest BCUT2D eigenvalue weighted by Gasteiger charge is 2.18. The van der Waals surface area contributed by atoms with Crippen molar-refractivity contribution in [2.24, 2.45) is 0 Å². The predicted molar refractivity (Wildman–Crippen MR) is 103 cm³/mol. The van der Waals surface area contributed by atoms with E-state index in [1.165, 1.54) is 23.4 Å². The third-order valence-electron chi connectivity index (χ3n) is 3.91. The molecule has 2 aromatic rings. The number of amides is 1. The molecule has 2 aromatic carbocycles. The number of anilines is 1. The maximum atomic E-state index is 12.2. The lowest BCUT2D eigenvalue weighted by Crippen LogP contribution is -2.25. The average molecular weight is 385 g/mol.